The Hall–Kier alpha value is -2.42. The molecule has 0 radical (unpaired) electrons. The fraction of sp³-hybridized carbons (Fsp3) is 0.633. The predicted octanol–water partition coefficient (Wildman–Crippen LogP) is 3.71. The van der Waals surface area contributed by atoms with Crippen molar-refractivity contribution in [3.05, 3.63) is 41.4 Å². The minimum atomic E-state index is -1.16. The van der Waals surface area contributed by atoms with Crippen LogP contribution >= 0.6 is 11.6 Å². The van der Waals surface area contributed by atoms with Gasteiger partial charge in [0.1, 0.15) is 11.6 Å². The van der Waals surface area contributed by atoms with Crippen molar-refractivity contribution in [2.75, 3.05) is 31.5 Å². The van der Waals surface area contributed by atoms with Gasteiger partial charge in [0.15, 0.2) is 0 Å². The maximum Gasteiger partial charge on any atom is 0.246 e. The third kappa shape index (κ3) is 5.00. The Morgan fingerprint density at radius 2 is 1.95 bits per heavy atom. The highest BCUT2D eigenvalue weighted by Crippen LogP contribution is 2.55. The van der Waals surface area contributed by atoms with Crippen LogP contribution in [-0.4, -0.2) is 77.5 Å². The van der Waals surface area contributed by atoms with Crippen LogP contribution in [0.3, 0.4) is 0 Å². The van der Waals surface area contributed by atoms with Crippen molar-refractivity contribution in [1.82, 2.24) is 15.1 Å². The third-order valence-corrected chi connectivity index (χ3v) is 9.84. The summed E-state index contributed by atoms with van der Waals surface area (Å²) in [5, 5.41) is 6.75. The van der Waals surface area contributed by atoms with Gasteiger partial charge >= 0.3 is 0 Å². The topological polar surface area (TPSA) is 91.0 Å². The number of ether oxygens (including phenoxy) is 1. The Bertz CT molecular complexity index is 1140. The number of nitrogens with one attached hydrogen (secondary N) is 2. The maximum atomic E-state index is 14.1. The summed E-state index contributed by atoms with van der Waals surface area (Å²) < 4.78 is 6.48. The Kier molecular flexibility index (Phi) is 8.09. The van der Waals surface area contributed by atoms with Crippen LogP contribution in [-0.2, 0) is 19.1 Å². The molecule has 2 saturated heterocycles. The fourth-order valence-electron chi connectivity index (χ4n) is 7.14. The molecule has 0 unspecified atom stereocenters. The van der Waals surface area contributed by atoms with Crippen LogP contribution in [0.1, 0.15) is 47.0 Å². The molecule has 3 aliphatic heterocycles. The molecule has 9 heteroatoms. The Morgan fingerprint density at radius 3 is 2.67 bits per heavy atom. The van der Waals surface area contributed by atoms with Crippen molar-refractivity contribution in [3.8, 4) is 0 Å². The second-order valence-electron chi connectivity index (χ2n) is 11.6. The summed E-state index contributed by atoms with van der Waals surface area (Å²) in [5.41, 5.74) is -0.596. The van der Waals surface area contributed by atoms with Crippen LogP contribution in [0.5, 0.6) is 0 Å². The molecule has 0 aromatic heterocycles. The molecule has 212 valence electrons. The predicted molar refractivity (Wildman–Crippen MR) is 151 cm³/mol. The molecule has 2 N–H and O–H groups in total. The Morgan fingerprint density at radius 1 is 1.18 bits per heavy atom. The Labute approximate surface area is 236 Å². The van der Waals surface area contributed by atoms with Crippen LogP contribution in [0, 0.1) is 23.7 Å². The number of nitrogens with zero attached hydrogens (tertiary/aromatic N) is 2. The lowest BCUT2D eigenvalue weighted by molar-refractivity contribution is -0.141. The summed E-state index contributed by atoms with van der Waals surface area (Å²) in [5.74, 6) is -1.29. The van der Waals surface area contributed by atoms with Crippen LogP contribution in [0.4, 0.5) is 5.69 Å². The monoisotopic (exact) mass is 556 g/mol. The van der Waals surface area contributed by atoms with E-state index in [1.165, 1.54) is 0 Å². The quantitative estimate of drug-likeness (QED) is 0.453. The third-order valence-electron chi connectivity index (χ3n) is 9.60. The second-order valence-corrected chi connectivity index (χ2v) is 12.1. The zero-order valence-corrected chi connectivity index (χ0v) is 24.1. The number of hydrogen-bond donors (Lipinski definition) is 2. The molecule has 2 bridgehead atoms. The lowest BCUT2D eigenvalue weighted by Gasteiger charge is -2.38. The van der Waals surface area contributed by atoms with E-state index in [1.54, 1.807) is 29.2 Å². The number of hydrogen-bond acceptors (Lipinski definition) is 5. The number of likely N-dealkylation sites (tertiary alicyclic amines) is 1. The summed E-state index contributed by atoms with van der Waals surface area (Å²) >= 11 is 6.12. The van der Waals surface area contributed by atoms with E-state index in [0.29, 0.717) is 35.6 Å². The van der Waals surface area contributed by atoms with Gasteiger partial charge in [0.05, 0.1) is 17.9 Å². The number of anilines is 1. The van der Waals surface area contributed by atoms with E-state index in [2.05, 4.69) is 43.2 Å². The van der Waals surface area contributed by atoms with Crippen molar-refractivity contribution in [2.24, 2.45) is 23.7 Å². The number of fused-ring (bicyclic) bond motifs is 1. The van der Waals surface area contributed by atoms with Gasteiger partial charge in [-0.2, -0.15) is 0 Å². The first kappa shape index (κ1) is 28.1. The van der Waals surface area contributed by atoms with E-state index >= 15 is 0 Å². The Balaban J connectivity index is 1.43. The molecule has 1 spiro atoms. The van der Waals surface area contributed by atoms with Crippen molar-refractivity contribution < 1.29 is 19.1 Å². The van der Waals surface area contributed by atoms with Crippen molar-refractivity contribution in [3.63, 3.8) is 0 Å². The number of likely N-dealkylation sites (N-methyl/N-ethyl adjacent to an activating group) is 1. The van der Waals surface area contributed by atoms with Gasteiger partial charge < -0.3 is 25.2 Å². The number of carbonyl (C=O) groups excluding carboxylic acids is 3. The molecule has 3 amide bonds. The van der Waals surface area contributed by atoms with Crippen LogP contribution < -0.4 is 10.6 Å². The molecular formula is C30H41ClN4O4. The average Bonchev–Trinajstić information content (AvgIpc) is 3.55. The van der Waals surface area contributed by atoms with Crippen LogP contribution in [0.2, 0.25) is 5.02 Å². The number of benzene rings is 1. The summed E-state index contributed by atoms with van der Waals surface area (Å²) in [6.45, 7) is 11.4. The molecule has 4 aliphatic rings. The summed E-state index contributed by atoms with van der Waals surface area (Å²) in [7, 11) is 0. The van der Waals surface area contributed by atoms with E-state index in [1.807, 2.05) is 12.2 Å². The normalized spacial score (nSPS) is 35.0. The first-order valence-corrected chi connectivity index (χ1v) is 14.8. The highest BCUT2D eigenvalue weighted by atomic mass is 35.5. The van der Waals surface area contributed by atoms with Crippen molar-refractivity contribution in [1.29, 1.82) is 0 Å². The van der Waals surface area contributed by atoms with Crippen LogP contribution in [0.15, 0.2) is 36.4 Å². The minimum absolute atomic E-state index is 0.0564. The van der Waals surface area contributed by atoms with Gasteiger partial charge in [-0.15, -0.1) is 0 Å². The first-order valence-electron chi connectivity index (χ1n) is 14.5. The van der Waals surface area contributed by atoms with Gasteiger partial charge in [0.25, 0.3) is 0 Å². The number of rotatable bonds is 9. The largest absolute Gasteiger partial charge is 0.359 e. The summed E-state index contributed by atoms with van der Waals surface area (Å²) in [4.78, 5) is 45.7. The van der Waals surface area contributed by atoms with E-state index in [0.717, 1.165) is 32.4 Å². The lowest BCUT2D eigenvalue weighted by atomic mass is 9.73. The van der Waals surface area contributed by atoms with Gasteiger partial charge in [0, 0.05) is 29.8 Å². The van der Waals surface area contributed by atoms with Gasteiger partial charge in [-0.05, 0) is 49.5 Å². The lowest BCUT2D eigenvalue weighted by Crippen LogP contribution is -2.58. The number of halogens is 1. The standard InChI is InChI=1S/C30H41ClN4O4/c1-5-34(6-2)15-16-35-26(28(37)33-22-12-7-9-18(3)19(22)4)30-14-13-23(39-30)24(25(30)29(35)38)27(36)32-21-11-8-10-20(31)17-21/h8,10-11,13-14,17-19,22-26H,5-7,9,12,15-16H2,1-4H3,(H,32,36)(H,33,37)/t18-,19-,22+,23-,24+,25-,26-,30-/m0/s1. The van der Waals surface area contributed by atoms with E-state index in [-0.39, 0.29) is 23.8 Å². The molecule has 3 fully saturated rings. The molecule has 39 heavy (non-hydrogen) atoms. The van der Waals surface area contributed by atoms with Crippen LogP contribution in [0.25, 0.3) is 0 Å². The summed E-state index contributed by atoms with van der Waals surface area (Å²) in [6, 6.07) is 6.18. The maximum absolute atomic E-state index is 14.1. The van der Waals surface area contributed by atoms with E-state index in [4.69, 9.17) is 16.3 Å². The van der Waals surface area contributed by atoms with Gasteiger partial charge in [-0.3, -0.25) is 14.4 Å². The zero-order chi connectivity index (χ0) is 27.9. The molecule has 8 atom stereocenters. The molecule has 1 aliphatic carbocycles. The molecule has 1 aromatic carbocycles. The molecule has 8 nitrogen and oxygen atoms in total. The first-order chi connectivity index (χ1) is 18.7. The SMILES string of the molecule is CCN(CC)CCN1C(=O)[C@@H]2[C@H](C(=O)Nc3cccc(Cl)c3)[C@@H]3C=C[C@@]2(O3)[C@@H]1C(=O)N[C@@H]1CCC[C@H](C)[C@@H]1C. The van der Waals surface area contributed by atoms with Gasteiger partial charge in [0.2, 0.25) is 17.7 Å². The fourth-order valence-corrected chi connectivity index (χ4v) is 7.33. The molecular weight excluding hydrogens is 516 g/mol. The molecule has 1 saturated carbocycles. The summed E-state index contributed by atoms with van der Waals surface area (Å²) in [6.07, 6.45) is 6.33. The van der Waals surface area contributed by atoms with Crippen molar-refractivity contribution >= 4 is 35.0 Å². The molecule has 3 heterocycles. The molecule has 5 rings (SSSR count). The number of amides is 3. The zero-order valence-electron chi connectivity index (χ0n) is 23.4. The second kappa shape index (κ2) is 11.2. The smallest absolute Gasteiger partial charge is 0.246 e. The number of carbonyl (C=O) groups is 3. The van der Waals surface area contributed by atoms with Crippen molar-refractivity contribution in [2.45, 2.75) is 70.7 Å². The average molecular weight is 557 g/mol. The highest BCUT2D eigenvalue weighted by molar-refractivity contribution is 6.30. The van der Waals surface area contributed by atoms with E-state index in [9.17, 15) is 14.4 Å². The van der Waals surface area contributed by atoms with Gasteiger partial charge in [-0.1, -0.05) is 70.4 Å². The molecule has 1 aromatic rings. The minimum Gasteiger partial charge on any atom is -0.359 e. The van der Waals surface area contributed by atoms with Gasteiger partial charge in [-0.25, -0.2) is 0 Å². The highest BCUT2D eigenvalue weighted by Gasteiger charge is 2.72. The van der Waals surface area contributed by atoms with E-state index < -0.39 is 29.6 Å².